The van der Waals surface area contributed by atoms with Crippen molar-refractivity contribution in [1.82, 2.24) is 20.2 Å². The van der Waals surface area contributed by atoms with Gasteiger partial charge in [0.05, 0.1) is 27.1 Å². The van der Waals surface area contributed by atoms with Crippen LogP contribution in [0.3, 0.4) is 0 Å². The number of hydrogen-bond acceptors (Lipinski definition) is 4. The summed E-state index contributed by atoms with van der Waals surface area (Å²) < 4.78 is 2.62. The van der Waals surface area contributed by atoms with E-state index in [1.54, 1.807) is 23.1 Å². The predicted octanol–water partition coefficient (Wildman–Crippen LogP) is 1.78. The molecule has 90 valence electrons. The molecule has 0 aliphatic carbocycles. The molecular formula is C10H11BrClN5. The van der Waals surface area contributed by atoms with Gasteiger partial charge < -0.3 is 0 Å². The van der Waals surface area contributed by atoms with Gasteiger partial charge in [0.2, 0.25) is 0 Å². The number of aryl methyl sites for hydroxylation is 1. The summed E-state index contributed by atoms with van der Waals surface area (Å²) in [6, 6.07) is 3.36. The molecule has 0 spiro atoms. The van der Waals surface area contributed by atoms with Crippen molar-refractivity contribution in [2.75, 3.05) is 0 Å². The van der Waals surface area contributed by atoms with Gasteiger partial charge in [-0.2, -0.15) is 5.10 Å². The van der Waals surface area contributed by atoms with Gasteiger partial charge in [0.1, 0.15) is 6.04 Å². The quantitative estimate of drug-likeness (QED) is 0.669. The summed E-state index contributed by atoms with van der Waals surface area (Å²) in [5, 5.41) is 4.74. The predicted molar refractivity (Wildman–Crippen MR) is 69.3 cm³/mol. The third-order valence-corrected chi connectivity index (χ3v) is 3.26. The van der Waals surface area contributed by atoms with E-state index in [0.717, 1.165) is 15.9 Å². The number of nitrogens with two attached hydrogens (primary N) is 1. The minimum atomic E-state index is -0.242. The van der Waals surface area contributed by atoms with E-state index in [4.69, 9.17) is 17.4 Å². The molecule has 3 N–H and O–H groups in total. The molecule has 2 aromatic heterocycles. The second kappa shape index (κ2) is 5.14. The number of halogens is 2. The van der Waals surface area contributed by atoms with Gasteiger partial charge >= 0.3 is 0 Å². The lowest BCUT2D eigenvalue weighted by molar-refractivity contribution is 0.562. The summed E-state index contributed by atoms with van der Waals surface area (Å²) in [6.07, 6.45) is 3.31. The molecule has 7 heteroatoms. The van der Waals surface area contributed by atoms with Gasteiger partial charge in [-0.1, -0.05) is 11.6 Å². The highest BCUT2D eigenvalue weighted by molar-refractivity contribution is 9.10. The summed E-state index contributed by atoms with van der Waals surface area (Å²) in [5.74, 6) is 5.59. The lowest BCUT2D eigenvalue weighted by Crippen LogP contribution is -2.31. The summed E-state index contributed by atoms with van der Waals surface area (Å²) in [7, 11) is 1.85. The van der Waals surface area contributed by atoms with Gasteiger partial charge in [-0.3, -0.25) is 15.5 Å². The fourth-order valence-corrected chi connectivity index (χ4v) is 2.30. The number of nitrogens with zero attached hydrogens (tertiary/aromatic N) is 3. The Kier molecular flexibility index (Phi) is 3.78. The van der Waals surface area contributed by atoms with Crippen LogP contribution in [0.5, 0.6) is 0 Å². The lowest BCUT2D eigenvalue weighted by atomic mass is 10.1. The standard InChI is InChI=1S/C10H11BrClN5/c1-17-10(7(11)5-15-17)9(16-13)8-3-2-6(12)4-14-8/h2-5,9,16H,13H2,1H3. The third-order valence-electron chi connectivity index (χ3n) is 2.42. The molecule has 0 bridgehead atoms. The van der Waals surface area contributed by atoms with E-state index in [2.05, 4.69) is 31.4 Å². The first-order valence-electron chi connectivity index (χ1n) is 4.88. The summed E-state index contributed by atoms with van der Waals surface area (Å²) in [4.78, 5) is 4.25. The van der Waals surface area contributed by atoms with Crippen LogP contribution in [0, 0.1) is 0 Å². The number of nitrogens with one attached hydrogen (secondary N) is 1. The highest BCUT2D eigenvalue weighted by Gasteiger charge is 2.20. The number of rotatable bonds is 3. The first kappa shape index (κ1) is 12.5. The average molecular weight is 317 g/mol. The molecule has 0 radical (unpaired) electrons. The van der Waals surface area contributed by atoms with Crippen LogP contribution in [0.1, 0.15) is 17.4 Å². The van der Waals surface area contributed by atoms with Crippen molar-refractivity contribution in [2.45, 2.75) is 6.04 Å². The minimum Gasteiger partial charge on any atom is -0.270 e. The van der Waals surface area contributed by atoms with Gasteiger partial charge in [0.15, 0.2) is 0 Å². The molecule has 0 fully saturated rings. The smallest absolute Gasteiger partial charge is 0.106 e. The zero-order valence-corrected chi connectivity index (χ0v) is 11.4. The number of pyridine rings is 1. The van der Waals surface area contributed by atoms with Crippen LogP contribution in [0.2, 0.25) is 5.02 Å². The maximum absolute atomic E-state index is 5.81. The van der Waals surface area contributed by atoms with Crippen LogP contribution in [0.4, 0.5) is 0 Å². The fourth-order valence-electron chi connectivity index (χ4n) is 1.61. The Morgan fingerprint density at radius 2 is 2.24 bits per heavy atom. The van der Waals surface area contributed by atoms with E-state index in [0.29, 0.717) is 5.02 Å². The molecule has 2 heterocycles. The van der Waals surface area contributed by atoms with Gasteiger partial charge in [0, 0.05) is 13.2 Å². The summed E-state index contributed by atoms with van der Waals surface area (Å²) in [5.41, 5.74) is 4.41. The van der Waals surface area contributed by atoms with Crippen molar-refractivity contribution in [2.24, 2.45) is 12.9 Å². The Hall–Kier alpha value is -0.950. The molecule has 2 rings (SSSR count). The molecule has 17 heavy (non-hydrogen) atoms. The van der Waals surface area contributed by atoms with Crippen LogP contribution in [0.15, 0.2) is 29.0 Å². The van der Waals surface area contributed by atoms with Gasteiger partial charge in [0.25, 0.3) is 0 Å². The summed E-state index contributed by atoms with van der Waals surface area (Å²) in [6.45, 7) is 0. The average Bonchev–Trinajstić information content (AvgIpc) is 2.64. The molecule has 0 aliphatic rings. The van der Waals surface area contributed by atoms with Crippen molar-refractivity contribution in [3.05, 3.63) is 45.4 Å². The Morgan fingerprint density at radius 1 is 1.47 bits per heavy atom. The Bertz CT molecular complexity index is 490. The Labute approximate surface area is 112 Å². The largest absolute Gasteiger partial charge is 0.270 e. The molecular weight excluding hydrogens is 306 g/mol. The molecule has 2 aromatic rings. The fraction of sp³-hybridized carbons (Fsp3) is 0.200. The molecule has 1 atom stereocenters. The number of hydrazine groups is 1. The Balaban J connectivity index is 2.43. The third kappa shape index (κ3) is 2.50. The Morgan fingerprint density at radius 3 is 2.71 bits per heavy atom. The van der Waals surface area contributed by atoms with Crippen LogP contribution in [-0.4, -0.2) is 14.8 Å². The normalized spacial score (nSPS) is 12.7. The van der Waals surface area contributed by atoms with E-state index in [-0.39, 0.29) is 6.04 Å². The molecule has 0 saturated heterocycles. The maximum atomic E-state index is 5.81. The molecule has 0 amide bonds. The molecule has 0 aromatic carbocycles. The first-order chi connectivity index (χ1) is 8.13. The zero-order valence-electron chi connectivity index (χ0n) is 9.06. The van der Waals surface area contributed by atoms with E-state index < -0.39 is 0 Å². The van der Waals surface area contributed by atoms with Crippen LogP contribution < -0.4 is 11.3 Å². The maximum Gasteiger partial charge on any atom is 0.106 e. The lowest BCUT2D eigenvalue weighted by Gasteiger charge is -2.16. The second-order valence-electron chi connectivity index (χ2n) is 3.50. The van der Waals surface area contributed by atoms with Gasteiger partial charge in [-0.15, -0.1) is 0 Å². The molecule has 0 aliphatic heterocycles. The SMILES string of the molecule is Cn1ncc(Br)c1C(NN)c1ccc(Cl)cn1. The first-order valence-corrected chi connectivity index (χ1v) is 6.05. The second-order valence-corrected chi connectivity index (χ2v) is 4.79. The van der Waals surface area contributed by atoms with Crippen molar-refractivity contribution in [3.63, 3.8) is 0 Å². The van der Waals surface area contributed by atoms with Crippen LogP contribution in [0.25, 0.3) is 0 Å². The monoisotopic (exact) mass is 315 g/mol. The molecule has 1 unspecified atom stereocenters. The van der Waals surface area contributed by atoms with E-state index in [1.807, 2.05) is 13.1 Å². The van der Waals surface area contributed by atoms with Crippen LogP contribution >= 0.6 is 27.5 Å². The van der Waals surface area contributed by atoms with Crippen molar-refractivity contribution in [1.29, 1.82) is 0 Å². The van der Waals surface area contributed by atoms with Crippen molar-refractivity contribution < 1.29 is 0 Å². The van der Waals surface area contributed by atoms with Crippen molar-refractivity contribution in [3.8, 4) is 0 Å². The number of hydrogen-bond donors (Lipinski definition) is 2. The highest BCUT2D eigenvalue weighted by atomic mass is 79.9. The highest BCUT2D eigenvalue weighted by Crippen LogP contribution is 2.26. The van der Waals surface area contributed by atoms with Crippen LogP contribution in [-0.2, 0) is 7.05 Å². The van der Waals surface area contributed by atoms with Gasteiger partial charge in [-0.05, 0) is 28.1 Å². The topological polar surface area (TPSA) is 68.8 Å². The van der Waals surface area contributed by atoms with E-state index in [1.165, 1.54) is 0 Å². The van der Waals surface area contributed by atoms with Crippen molar-refractivity contribution >= 4 is 27.5 Å². The zero-order chi connectivity index (χ0) is 12.4. The number of aromatic nitrogens is 3. The molecule has 5 nitrogen and oxygen atoms in total. The summed E-state index contributed by atoms with van der Waals surface area (Å²) >= 11 is 9.24. The molecule has 0 saturated carbocycles. The van der Waals surface area contributed by atoms with Gasteiger partial charge in [-0.25, -0.2) is 5.43 Å². The minimum absolute atomic E-state index is 0.242. The van der Waals surface area contributed by atoms with E-state index in [9.17, 15) is 0 Å². The van der Waals surface area contributed by atoms with E-state index >= 15 is 0 Å².